The van der Waals surface area contributed by atoms with Crippen LogP contribution in [0.3, 0.4) is 0 Å². The molecule has 21 heavy (non-hydrogen) atoms. The number of thiocarbonyl (C=S) groups is 1. The standard InChI is InChI=1S/C14H14BrN3OS2/c1-19-11-4-2-10(3-5-11)8-16-14(20)18-17-9-12-6-7-13(15)21-12/h2-7,9H,8H2,1H3,(H2,16,18,20)/b17-9-. The highest BCUT2D eigenvalue weighted by Gasteiger charge is 1.97. The van der Waals surface area contributed by atoms with Crippen LogP contribution in [0.2, 0.25) is 0 Å². The van der Waals surface area contributed by atoms with Gasteiger partial charge in [0.15, 0.2) is 5.11 Å². The van der Waals surface area contributed by atoms with Gasteiger partial charge in [-0.3, -0.25) is 5.43 Å². The Kier molecular flexibility index (Phi) is 6.16. The largest absolute Gasteiger partial charge is 0.497 e. The fourth-order valence-electron chi connectivity index (χ4n) is 1.52. The summed E-state index contributed by atoms with van der Waals surface area (Å²) in [5, 5.41) is 7.66. The molecular formula is C14H14BrN3OS2. The van der Waals surface area contributed by atoms with Crippen LogP contribution in [-0.2, 0) is 6.54 Å². The average molecular weight is 384 g/mol. The second kappa shape index (κ2) is 8.11. The predicted octanol–water partition coefficient (Wildman–Crippen LogP) is 3.52. The van der Waals surface area contributed by atoms with Crippen LogP contribution in [0.5, 0.6) is 5.75 Å². The molecule has 0 atom stereocenters. The normalized spacial score (nSPS) is 10.6. The van der Waals surface area contributed by atoms with Crippen LogP contribution in [0.15, 0.2) is 45.3 Å². The second-order valence-corrected chi connectivity index (χ2v) is 6.95. The Morgan fingerprint density at radius 3 is 2.71 bits per heavy atom. The van der Waals surface area contributed by atoms with Gasteiger partial charge >= 0.3 is 0 Å². The molecule has 0 radical (unpaired) electrons. The van der Waals surface area contributed by atoms with E-state index in [2.05, 4.69) is 31.8 Å². The van der Waals surface area contributed by atoms with Crippen LogP contribution in [0.25, 0.3) is 0 Å². The summed E-state index contributed by atoms with van der Waals surface area (Å²) in [6.45, 7) is 0.635. The lowest BCUT2D eigenvalue weighted by Gasteiger charge is -2.07. The summed E-state index contributed by atoms with van der Waals surface area (Å²) < 4.78 is 6.18. The number of thiophene rings is 1. The van der Waals surface area contributed by atoms with Gasteiger partial charge < -0.3 is 10.1 Å². The number of nitrogens with one attached hydrogen (secondary N) is 2. The number of rotatable bonds is 5. The number of ether oxygens (including phenoxy) is 1. The Labute approximate surface area is 141 Å². The molecule has 7 heteroatoms. The molecule has 2 N–H and O–H groups in total. The van der Waals surface area contributed by atoms with Crippen molar-refractivity contribution >= 4 is 50.8 Å². The number of hydrogen-bond acceptors (Lipinski definition) is 4. The van der Waals surface area contributed by atoms with Crippen molar-refractivity contribution in [2.75, 3.05) is 7.11 Å². The lowest BCUT2D eigenvalue weighted by molar-refractivity contribution is 0.414. The maximum atomic E-state index is 5.16. The second-order valence-electron chi connectivity index (χ2n) is 4.04. The fraction of sp³-hybridized carbons (Fsp3) is 0.143. The van der Waals surface area contributed by atoms with E-state index in [0.29, 0.717) is 11.7 Å². The highest BCUT2D eigenvalue weighted by molar-refractivity contribution is 9.11. The summed E-state index contributed by atoms with van der Waals surface area (Å²) in [7, 11) is 1.65. The van der Waals surface area contributed by atoms with Gasteiger partial charge in [-0.15, -0.1) is 11.3 Å². The van der Waals surface area contributed by atoms with Crippen molar-refractivity contribution in [2.24, 2.45) is 5.10 Å². The zero-order chi connectivity index (χ0) is 15.1. The van der Waals surface area contributed by atoms with Gasteiger partial charge in [-0.1, -0.05) is 12.1 Å². The van der Waals surface area contributed by atoms with E-state index in [-0.39, 0.29) is 0 Å². The molecule has 1 aromatic heterocycles. The van der Waals surface area contributed by atoms with E-state index in [1.54, 1.807) is 24.7 Å². The van der Waals surface area contributed by atoms with Crippen molar-refractivity contribution in [3.63, 3.8) is 0 Å². The minimum Gasteiger partial charge on any atom is -0.497 e. The molecule has 2 aromatic rings. The van der Waals surface area contributed by atoms with Crippen molar-refractivity contribution in [1.29, 1.82) is 0 Å². The van der Waals surface area contributed by atoms with Crippen LogP contribution >= 0.6 is 39.5 Å². The number of halogens is 1. The average Bonchev–Trinajstić information content (AvgIpc) is 2.91. The summed E-state index contributed by atoms with van der Waals surface area (Å²) in [4.78, 5) is 1.05. The summed E-state index contributed by atoms with van der Waals surface area (Å²) in [5.41, 5.74) is 3.91. The third-order valence-corrected chi connectivity index (χ3v) is 4.36. The van der Waals surface area contributed by atoms with E-state index in [4.69, 9.17) is 17.0 Å². The molecular weight excluding hydrogens is 370 g/mol. The van der Waals surface area contributed by atoms with Gasteiger partial charge in [0, 0.05) is 11.4 Å². The molecule has 4 nitrogen and oxygen atoms in total. The zero-order valence-corrected chi connectivity index (χ0v) is 14.5. The zero-order valence-electron chi connectivity index (χ0n) is 11.3. The number of methoxy groups -OCH3 is 1. The van der Waals surface area contributed by atoms with E-state index < -0.39 is 0 Å². The molecule has 0 aliphatic rings. The molecule has 110 valence electrons. The SMILES string of the molecule is COc1ccc(CNC(=S)N/N=C\c2ccc(Br)s2)cc1. The van der Waals surface area contributed by atoms with Gasteiger partial charge in [-0.25, -0.2) is 0 Å². The molecule has 0 spiro atoms. The number of hydrogen-bond donors (Lipinski definition) is 2. The Morgan fingerprint density at radius 1 is 1.33 bits per heavy atom. The third kappa shape index (κ3) is 5.45. The van der Waals surface area contributed by atoms with Crippen molar-refractivity contribution < 1.29 is 4.74 Å². The Morgan fingerprint density at radius 2 is 2.10 bits per heavy atom. The minimum absolute atomic E-state index is 0.484. The van der Waals surface area contributed by atoms with Gasteiger partial charge in [-0.2, -0.15) is 5.10 Å². The monoisotopic (exact) mass is 383 g/mol. The number of nitrogens with zero attached hydrogens (tertiary/aromatic N) is 1. The quantitative estimate of drug-likeness (QED) is 0.471. The van der Waals surface area contributed by atoms with Crippen molar-refractivity contribution in [1.82, 2.24) is 10.7 Å². The van der Waals surface area contributed by atoms with Gasteiger partial charge in [-0.05, 0) is 58.0 Å². The molecule has 0 aliphatic carbocycles. The molecule has 0 unspecified atom stereocenters. The topological polar surface area (TPSA) is 45.6 Å². The first-order chi connectivity index (χ1) is 10.2. The third-order valence-electron chi connectivity index (χ3n) is 2.56. The maximum Gasteiger partial charge on any atom is 0.187 e. The van der Waals surface area contributed by atoms with E-state index in [9.17, 15) is 0 Å². The molecule has 0 bridgehead atoms. The van der Waals surface area contributed by atoms with Crippen LogP contribution < -0.4 is 15.5 Å². The summed E-state index contributed by atoms with van der Waals surface area (Å²) in [6.07, 6.45) is 1.73. The van der Waals surface area contributed by atoms with Gasteiger partial charge in [0.25, 0.3) is 0 Å². The Hall–Kier alpha value is -1.44. The van der Waals surface area contributed by atoms with Crippen LogP contribution in [0.4, 0.5) is 0 Å². The first kappa shape index (κ1) is 15.9. The highest BCUT2D eigenvalue weighted by Crippen LogP contribution is 2.20. The first-order valence-electron chi connectivity index (χ1n) is 6.12. The molecule has 0 amide bonds. The molecule has 0 saturated heterocycles. The lowest BCUT2D eigenvalue weighted by Crippen LogP contribution is -2.31. The van der Waals surface area contributed by atoms with Gasteiger partial charge in [0.05, 0.1) is 17.1 Å². The molecule has 1 aromatic carbocycles. The molecule has 1 heterocycles. The fourth-order valence-corrected chi connectivity index (χ4v) is 2.94. The van der Waals surface area contributed by atoms with E-state index in [1.165, 1.54) is 0 Å². The maximum absolute atomic E-state index is 5.16. The molecule has 0 aliphatic heterocycles. The van der Waals surface area contributed by atoms with Crippen LogP contribution in [0, 0.1) is 0 Å². The minimum atomic E-state index is 0.484. The van der Waals surface area contributed by atoms with Gasteiger partial charge in [0.2, 0.25) is 0 Å². The van der Waals surface area contributed by atoms with Crippen LogP contribution in [-0.4, -0.2) is 18.4 Å². The summed E-state index contributed by atoms with van der Waals surface area (Å²) in [6, 6.07) is 11.8. The van der Waals surface area contributed by atoms with Crippen LogP contribution in [0.1, 0.15) is 10.4 Å². The van der Waals surface area contributed by atoms with Gasteiger partial charge in [0.1, 0.15) is 5.75 Å². The number of benzene rings is 1. The smallest absolute Gasteiger partial charge is 0.187 e. The van der Waals surface area contributed by atoms with E-state index >= 15 is 0 Å². The van der Waals surface area contributed by atoms with Crippen molar-refractivity contribution in [3.05, 3.63) is 50.6 Å². The van der Waals surface area contributed by atoms with Crippen molar-refractivity contribution in [2.45, 2.75) is 6.54 Å². The van der Waals surface area contributed by atoms with E-state index in [0.717, 1.165) is 20.0 Å². The predicted molar refractivity (Wildman–Crippen MR) is 95.2 cm³/mol. The lowest BCUT2D eigenvalue weighted by atomic mass is 10.2. The van der Waals surface area contributed by atoms with Crippen molar-refractivity contribution in [3.8, 4) is 5.75 Å². The summed E-state index contributed by atoms with van der Waals surface area (Å²) in [5.74, 6) is 0.839. The number of hydrazone groups is 1. The van der Waals surface area contributed by atoms with E-state index in [1.807, 2.05) is 36.4 Å². The molecule has 2 rings (SSSR count). The molecule has 0 fully saturated rings. The Balaban J connectivity index is 1.75. The Bertz CT molecular complexity index is 625. The summed E-state index contributed by atoms with van der Waals surface area (Å²) >= 11 is 10.2. The highest BCUT2D eigenvalue weighted by atomic mass is 79.9. The first-order valence-corrected chi connectivity index (χ1v) is 8.14. The molecule has 0 saturated carbocycles.